The van der Waals surface area contributed by atoms with Gasteiger partial charge in [-0.3, -0.25) is 14.5 Å². The summed E-state index contributed by atoms with van der Waals surface area (Å²) in [5, 5.41) is 5.69. The molecule has 1 atom stereocenters. The van der Waals surface area contributed by atoms with Crippen molar-refractivity contribution in [3.05, 3.63) is 23.8 Å². The zero-order valence-electron chi connectivity index (χ0n) is 13.6. The summed E-state index contributed by atoms with van der Waals surface area (Å²) in [6.45, 7) is 5.82. The first-order chi connectivity index (χ1) is 11.0. The van der Waals surface area contributed by atoms with Crippen molar-refractivity contribution >= 4 is 29.3 Å². The van der Waals surface area contributed by atoms with Gasteiger partial charge in [-0.2, -0.15) is 0 Å². The van der Waals surface area contributed by atoms with Gasteiger partial charge in [-0.05, 0) is 58.0 Å². The number of anilines is 1. The lowest BCUT2D eigenvalue weighted by molar-refractivity contribution is -0.118. The Kier molecular flexibility index (Phi) is 4.92. The van der Waals surface area contributed by atoms with Gasteiger partial charge >= 0.3 is 0 Å². The molecule has 2 aliphatic rings. The Bertz CT molecular complexity index is 612. The second-order valence-corrected chi connectivity index (χ2v) is 7.52. The van der Waals surface area contributed by atoms with E-state index < -0.39 is 0 Å². The van der Waals surface area contributed by atoms with Crippen LogP contribution >= 0.6 is 11.8 Å². The molecule has 2 heterocycles. The summed E-state index contributed by atoms with van der Waals surface area (Å²) >= 11 is 1.59. The molecule has 2 amide bonds. The van der Waals surface area contributed by atoms with Gasteiger partial charge in [-0.1, -0.05) is 18.2 Å². The van der Waals surface area contributed by atoms with Gasteiger partial charge in [0.15, 0.2) is 0 Å². The molecule has 0 aliphatic carbocycles. The van der Waals surface area contributed by atoms with Crippen molar-refractivity contribution in [1.29, 1.82) is 0 Å². The molecule has 0 saturated carbocycles. The van der Waals surface area contributed by atoms with Gasteiger partial charge in [-0.15, -0.1) is 0 Å². The number of likely N-dealkylation sites (tertiary alicyclic amines) is 1. The third-order valence-electron chi connectivity index (χ3n) is 4.10. The van der Waals surface area contributed by atoms with Crippen LogP contribution in [0.4, 0.5) is 5.69 Å². The Morgan fingerprint density at radius 2 is 2.04 bits per heavy atom. The van der Waals surface area contributed by atoms with Crippen LogP contribution in [0.3, 0.4) is 0 Å². The molecule has 124 valence electrons. The van der Waals surface area contributed by atoms with E-state index >= 15 is 0 Å². The van der Waals surface area contributed by atoms with Gasteiger partial charge in [0.25, 0.3) is 11.8 Å². The van der Waals surface area contributed by atoms with Crippen LogP contribution in [0.25, 0.3) is 0 Å². The Labute approximate surface area is 141 Å². The van der Waals surface area contributed by atoms with Gasteiger partial charge in [-0.25, -0.2) is 0 Å². The highest BCUT2D eigenvalue weighted by atomic mass is 32.2. The number of carbonyl (C=O) groups excluding carboxylic acids is 2. The quantitative estimate of drug-likeness (QED) is 0.893. The minimum Gasteiger partial charge on any atom is -0.350 e. The SMILES string of the molecule is CC(C)NC(=O)c1ccc2c(c1)NC(=O)C(N1CCCCC1)S2. The van der Waals surface area contributed by atoms with Gasteiger partial charge < -0.3 is 10.6 Å². The summed E-state index contributed by atoms with van der Waals surface area (Å²) in [5.74, 6) is -0.0916. The normalized spacial score (nSPS) is 21.7. The second-order valence-electron chi connectivity index (χ2n) is 6.40. The monoisotopic (exact) mass is 333 g/mol. The Morgan fingerprint density at radius 3 is 2.74 bits per heavy atom. The topological polar surface area (TPSA) is 61.4 Å². The van der Waals surface area contributed by atoms with Gasteiger partial charge in [0.2, 0.25) is 0 Å². The number of thioether (sulfide) groups is 1. The maximum absolute atomic E-state index is 12.4. The molecule has 23 heavy (non-hydrogen) atoms. The number of rotatable bonds is 3. The number of amides is 2. The molecule has 1 aromatic rings. The smallest absolute Gasteiger partial charge is 0.252 e. The Morgan fingerprint density at radius 1 is 1.30 bits per heavy atom. The molecule has 0 radical (unpaired) electrons. The van der Waals surface area contributed by atoms with Crippen LogP contribution in [0.1, 0.15) is 43.5 Å². The van der Waals surface area contributed by atoms with E-state index in [9.17, 15) is 9.59 Å². The van der Waals surface area contributed by atoms with E-state index in [-0.39, 0.29) is 23.2 Å². The predicted octanol–water partition coefficient (Wildman–Crippen LogP) is 2.68. The summed E-state index contributed by atoms with van der Waals surface area (Å²) in [4.78, 5) is 27.8. The van der Waals surface area contributed by atoms with Crippen molar-refractivity contribution in [1.82, 2.24) is 10.2 Å². The fraction of sp³-hybridized carbons (Fsp3) is 0.529. The van der Waals surface area contributed by atoms with E-state index in [1.54, 1.807) is 17.8 Å². The lowest BCUT2D eigenvalue weighted by atomic mass is 10.1. The van der Waals surface area contributed by atoms with E-state index in [1.165, 1.54) is 6.42 Å². The van der Waals surface area contributed by atoms with Crippen LogP contribution in [0.5, 0.6) is 0 Å². The summed E-state index contributed by atoms with van der Waals surface area (Å²) in [7, 11) is 0. The fourth-order valence-corrected chi connectivity index (χ4v) is 4.13. The number of carbonyl (C=O) groups is 2. The van der Waals surface area contributed by atoms with E-state index in [2.05, 4.69) is 15.5 Å². The van der Waals surface area contributed by atoms with Gasteiger partial charge in [0.05, 0.1) is 5.69 Å². The molecule has 0 aromatic heterocycles. The summed E-state index contributed by atoms with van der Waals surface area (Å²) in [5.41, 5.74) is 1.32. The van der Waals surface area contributed by atoms with E-state index in [0.717, 1.165) is 36.5 Å². The summed E-state index contributed by atoms with van der Waals surface area (Å²) in [6.07, 6.45) is 3.57. The molecule has 6 heteroatoms. The first-order valence-corrected chi connectivity index (χ1v) is 9.09. The highest BCUT2D eigenvalue weighted by Crippen LogP contribution is 2.38. The standard InChI is InChI=1S/C17H23N3O2S/c1-11(2)18-15(21)12-6-7-14-13(10-12)19-16(22)17(23-14)20-8-4-3-5-9-20/h6-7,10-11,17H,3-5,8-9H2,1-2H3,(H,18,21)(H,19,22). The minimum absolute atomic E-state index is 0.0193. The third kappa shape index (κ3) is 3.70. The number of hydrogen-bond donors (Lipinski definition) is 2. The van der Waals surface area contributed by atoms with Crippen molar-refractivity contribution in [2.45, 2.75) is 49.4 Å². The molecule has 0 bridgehead atoms. The van der Waals surface area contributed by atoms with Crippen LogP contribution in [-0.4, -0.2) is 41.2 Å². The molecule has 1 unspecified atom stereocenters. The second kappa shape index (κ2) is 6.93. The number of piperidine rings is 1. The van der Waals surface area contributed by atoms with Crippen molar-refractivity contribution in [2.75, 3.05) is 18.4 Å². The molecule has 2 aliphatic heterocycles. The van der Waals surface area contributed by atoms with Crippen molar-refractivity contribution in [3.8, 4) is 0 Å². The highest BCUT2D eigenvalue weighted by Gasteiger charge is 2.33. The Balaban J connectivity index is 1.77. The first kappa shape index (κ1) is 16.3. The van der Waals surface area contributed by atoms with Crippen LogP contribution in [0.2, 0.25) is 0 Å². The van der Waals surface area contributed by atoms with Crippen LogP contribution in [0.15, 0.2) is 23.1 Å². The molecular weight excluding hydrogens is 310 g/mol. The number of hydrogen-bond acceptors (Lipinski definition) is 4. The largest absolute Gasteiger partial charge is 0.350 e. The molecule has 1 saturated heterocycles. The first-order valence-electron chi connectivity index (χ1n) is 8.21. The van der Waals surface area contributed by atoms with Crippen molar-refractivity contribution in [3.63, 3.8) is 0 Å². The maximum Gasteiger partial charge on any atom is 0.252 e. The van der Waals surface area contributed by atoms with E-state index in [1.807, 2.05) is 26.0 Å². The number of nitrogens with one attached hydrogen (secondary N) is 2. The highest BCUT2D eigenvalue weighted by molar-refractivity contribution is 8.00. The molecular formula is C17H23N3O2S. The molecule has 1 aromatic carbocycles. The lowest BCUT2D eigenvalue weighted by Gasteiger charge is -2.35. The van der Waals surface area contributed by atoms with E-state index in [4.69, 9.17) is 0 Å². The van der Waals surface area contributed by atoms with Crippen LogP contribution in [-0.2, 0) is 4.79 Å². The number of fused-ring (bicyclic) bond motifs is 1. The molecule has 1 fully saturated rings. The van der Waals surface area contributed by atoms with Crippen molar-refractivity contribution in [2.24, 2.45) is 0 Å². The van der Waals surface area contributed by atoms with Crippen molar-refractivity contribution < 1.29 is 9.59 Å². The molecule has 5 nitrogen and oxygen atoms in total. The summed E-state index contributed by atoms with van der Waals surface area (Å²) in [6, 6.07) is 5.62. The zero-order chi connectivity index (χ0) is 16.4. The molecule has 3 rings (SSSR count). The van der Waals surface area contributed by atoms with Gasteiger partial charge in [0, 0.05) is 16.5 Å². The van der Waals surface area contributed by atoms with E-state index in [0.29, 0.717) is 5.56 Å². The maximum atomic E-state index is 12.4. The van der Waals surface area contributed by atoms with Crippen LogP contribution in [0, 0.1) is 0 Å². The van der Waals surface area contributed by atoms with Crippen LogP contribution < -0.4 is 10.6 Å². The zero-order valence-corrected chi connectivity index (χ0v) is 14.4. The fourth-order valence-electron chi connectivity index (χ4n) is 2.98. The third-order valence-corrected chi connectivity index (χ3v) is 5.45. The molecule has 0 spiro atoms. The number of benzene rings is 1. The average molecular weight is 333 g/mol. The average Bonchev–Trinajstić information content (AvgIpc) is 2.54. The minimum atomic E-state index is -0.154. The van der Waals surface area contributed by atoms with Gasteiger partial charge in [0.1, 0.15) is 5.37 Å². The summed E-state index contributed by atoms with van der Waals surface area (Å²) < 4.78 is 0. The predicted molar refractivity (Wildman–Crippen MR) is 92.7 cm³/mol. The Hall–Kier alpha value is -1.53. The number of nitrogens with zero attached hydrogens (tertiary/aromatic N) is 1. The lowest BCUT2D eigenvalue weighted by Crippen LogP contribution is -2.46. The molecule has 2 N–H and O–H groups in total.